The van der Waals surface area contributed by atoms with Crippen molar-refractivity contribution in [3.05, 3.63) is 53.3 Å². The van der Waals surface area contributed by atoms with Crippen molar-refractivity contribution in [2.75, 3.05) is 18.4 Å². The number of halogens is 1. The largest absolute Gasteiger partial charge is 0.306 e. The molecule has 29 heavy (non-hydrogen) atoms. The molecule has 10 heteroatoms. The number of nitrogens with zero attached hydrogens (tertiary/aromatic N) is 4. The lowest BCUT2D eigenvalue weighted by Crippen LogP contribution is -2.39. The first kappa shape index (κ1) is 19.8. The summed E-state index contributed by atoms with van der Waals surface area (Å²) in [6, 6.07) is 7.58. The highest BCUT2D eigenvalue weighted by Gasteiger charge is 2.31. The zero-order valence-corrected chi connectivity index (χ0v) is 17.3. The third-order valence-corrected chi connectivity index (χ3v) is 7.31. The fourth-order valence-electron chi connectivity index (χ4n) is 3.46. The summed E-state index contributed by atoms with van der Waals surface area (Å²) < 4.78 is 29.2. The van der Waals surface area contributed by atoms with Crippen LogP contribution in [0.5, 0.6) is 0 Å². The van der Waals surface area contributed by atoms with Crippen LogP contribution in [0, 0.1) is 5.92 Å². The molecular formula is C19H20ClN5O3S. The monoisotopic (exact) mass is 433 g/mol. The lowest BCUT2D eigenvalue weighted by atomic mass is 10.0. The summed E-state index contributed by atoms with van der Waals surface area (Å²) in [6.45, 7) is 2.93. The topological polar surface area (TPSA) is 96.7 Å². The van der Waals surface area contributed by atoms with E-state index < -0.39 is 15.9 Å². The Hall–Kier alpha value is -2.49. The summed E-state index contributed by atoms with van der Waals surface area (Å²) in [5.41, 5.74) is 0.775. The predicted octanol–water partition coefficient (Wildman–Crippen LogP) is 3.06. The summed E-state index contributed by atoms with van der Waals surface area (Å²) in [5.74, 6) is 0.245. The van der Waals surface area contributed by atoms with Crippen molar-refractivity contribution >= 4 is 39.0 Å². The van der Waals surface area contributed by atoms with Crippen LogP contribution in [0.2, 0.25) is 5.02 Å². The van der Waals surface area contributed by atoms with Gasteiger partial charge in [0.15, 0.2) is 5.65 Å². The van der Waals surface area contributed by atoms with E-state index in [-0.39, 0.29) is 21.4 Å². The third kappa shape index (κ3) is 3.85. The van der Waals surface area contributed by atoms with E-state index in [1.54, 1.807) is 24.5 Å². The molecule has 1 aromatic carbocycles. The van der Waals surface area contributed by atoms with Crippen LogP contribution in [0.1, 0.15) is 30.1 Å². The summed E-state index contributed by atoms with van der Waals surface area (Å²) in [7, 11) is -3.79. The molecule has 0 saturated carbocycles. The van der Waals surface area contributed by atoms with Crippen LogP contribution in [0.25, 0.3) is 5.65 Å². The molecule has 0 spiro atoms. The number of piperidine rings is 1. The van der Waals surface area contributed by atoms with Crippen LogP contribution in [0.3, 0.4) is 0 Å². The Bertz CT molecular complexity index is 1180. The van der Waals surface area contributed by atoms with Crippen LogP contribution in [-0.2, 0) is 10.0 Å². The van der Waals surface area contributed by atoms with Crippen molar-refractivity contribution < 1.29 is 13.2 Å². The molecule has 1 amide bonds. The van der Waals surface area contributed by atoms with Gasteiger partial charge in [0.05, 0.1) is 11.2 Å². The fourth-order valence-corrected chi connectivity index (χ4v) is 5.56. The SMILES string of the molecule is CC1CCCN(S(=O)(=O)c2cc(C(=O)Nc3ccnc4ccnn34)ccc2Cl)C1. The van der Waals surface area contributed by atoms with Gasteiger partial charge >= 0.3 is 0 Å². The normalized spacial score (nSPS) is 18.1. The van der Waals surface area contributed by atoms with E-state index in [4.69, 9.17) is 11.6 Å². The van der Waals surface area contributed by atoms with Crippen molar-refractivity contribution in [1.29, 1.82) is 0 Å². The van der Waals surface area contributed by atoms with E-state index in [9.17, 15) is 13.2 Å². The van der Waals surface area contributed by atoms with E-state index >= 15 is 0 Å². The van der Waals surface area contributed by atoms with Gasteiger partial charge in [-0.15, -0.1) is 0 Å². The van der Waals surface area contributed by atoms with E-state index in [1.165, 1.54) is 27.0 Å². The Morgan fingerprint density at radius 1 is 1.24 bits per heavy atom. The van der Waals surface area contributed by atoms with Gasteiger partial charge in [0, 0.05) is 30.9 Å². The lowest BCUT2D eigenvalue weighted by Gasteiger charge is -2.30. The highest BCUT2D eigenvalue weighted by atomic mass is 35.5. The predicted molar refractivity (Wildman–Crippen MR) is 110 cm³/mol. The molecule has 0 aliphatic carbocycles. The van der Waals surface area contributed by atoms with Gasteiger partial charge in [-0.05, 0) is 43.0 Å². The van der Waals surface area contributed by atoms with Crippen LogP contribution in [-0.4, -0.2) is 46.3 Å². The van der Waals surface area contributed by atoms with Crippen LogP contribution >= 0.6 is 11.6 Å². The van der Waals surface area contributed by atoms with E-state index in [1.807, 2.05) is 6.92 Å². The second-order valence-corrected chi connectivity index (χ2v) is 9.45. The number of hydrogen-bond donors (Lipinski definition) is 1. The molecule has 1 N–H and O–H groups in total. The molecule has 0 bridgehead atoms. The summed E-state index contributed by atoms with van der Waals surface area (Å²) in [4.78, 5) is 16.9. The average Bonchev–Trinajstić information content (AvgIpc) is 3.18. The van der Waals surface area contributed by atoms with Crippen molar-refractivity contribution in [1.82, 2.24) is 18.9 Å². The van der Waals surface area contributed by atoms with Gasteiger partial charge in [-0.3, -0.25) is 4.79 Å². The molecule has 152 valence electrons. The molecule has 1 unspecified atom stereocenters. The van der Waals surface area contributed by atoms with E-state index in [2.05, 4.69) is 15.4 Å². The second kappa shape index (κ2) is 7.74. The maximum absolute atomic E-state index is 13.1. The number of fused-ring (bicyclic) bond motifs is 1. The standard InChI is InChI=1S/C19H20ClN5O3S/c1-13-3-2-10-24(12-13)29(27,28)16-11-14(4-5-15(16)20)19(26)23-18-6-8-21-17-7-9-22-25(17)18/h4-9,11,13H,2-3,10,12H2,1H3,(H,23,26). The minimum absolute atomic E-state index is 0.0557. The van der Waals surface area contributed by atoms with Crippen LogP contribution < -0.4 is 5.32 Å². The minimum Gasteiger partial charge on any atom is -0.306 e. The van der Waals surface area contributed by atoms with Crippen molar-refractivity contribution in [2.24, 2.45) is 5.92 Å². The zero-order valence-electron chi connectivity index (χ0n) is 15.7. The quantitative estimate of drug-likeness (QED) is 0.682. The maximum atomic E-state index is 13.1. The minimum atomic E-state index is -3.79. The zero-order chi connectivity index (χ0) is 20.6. The summed E-state index contributed by atoms with van der Waals surface area (Å²) >= 11 is 6.20. The first-order valence-electron chi connectivity index (χ1n) is 9.26. The van der Waals surface area contributed by atoms with Gasteiger partial charge in [-0.25, -0.2) is 13.4 Å². The van der Waals surface area contributed by atoms with Gasteiger partial charge < -0.3 is 5.32 Å². The highest BCUT2D eigenvalue weighted by Crippen LogP contribution is 2.29. The average molecular weight is 434 g/mol. The number of hydrogen-bond acceptors (Lipinski definition) is 5. The van der Waals surface area contributed by atoms with Gasteiger partial charge in [-0.2, -0.15) is 13.9 Å². The number of rotatable bonds is 4. The third-order valence-electron chi connectivity index (χ3n) is 4.96. The summed E-state index contributed by atoms with van der Waals surface area (Å²) in [5, 5.41) is 6.96. The molecule has 4 rings (SSSR count). The van der Waals surface area contributed by atoms with Gasteiger partial charge in [-0.1, -0.05) is 18.5 Å². The Morgan fingerprint density at radius 3 is 2.86 bits per heavy atom. The van der Waals surface area contributed by atoms with Crippen LogP contribution in [0.4, 0.5) is 5.82 Å². The number of nitrogens with one attached hydrogen (secondary N) is 1. The first-order chi connectivity index (χ1) is 13.9. The number of sulfonamides is 1. The summed E-state index contributed by atoms with van der Waals surface area (Å²) in [6.07, 6.45) is 4.93. The molecule has 0 radical (unpaired) electrons. The number of benzene rings is 1. The number of carbonyl (C=O) groups is 1. The van der Waals surface area contributed by atoms with Crippen LogP contribution in [0.15, 0.2) is 47.6 Å². The Kier molecular flexibility index (Phi) is 5.28. The lowest BCUT2D eigenvalue weighted by molar-refractivity contribution is 0.102. The Labute approximate surface area is 173 Å². The molecular weight excluding hydrogens is 414 g/mol. The molecule has 3 aromatic rings. The maximum Gasteiger partial charge on any atom is 0.256 e. The smallest absolute Gasteiger partial charge is 0.256 e. The number of aromatic nitrogens is 3. The van der Waals surface area contributed by atoms with E-state index in [0.29, 0.717) is 24.6 Å². The van der Waals surface area contributed by atoms with Gasteiger partial charge in [0.2, 0.25) is 10.0 Å². The molecule has 1 aliphatic rings. The van der Waals surface area contributed by atoms with E-state index in [0.717, 1.165) is 12.8 Å². The highest BCUT2D eigenvalue weighted by molar-refractivity contribution is 7.89. The van der Waals surface area contributed by atoms with Crippen molar-refractivity contribution in [3.63, 3.8) is 0 Å². The Balaban J connectivity index is 1.64. The second-order valence-electron chi connectivity index (χ2n) is 7.14. The van der Waals surface area contributed by atoms with Crippen molar-refractivity contribution in [2.45, 2.75) is 24.7 Å². The first-order valence-corrected chi connectivity index (χ1v) is 11.1. The van der Waals surface area contributed by atoms with Crippen molar-refractivity contribution in [3.8, 4) is 0 Å². The molecule has 2 aromatic heterocycles. The molecule has 8 nitrogen and oxygen atoms in total. The fraction of sp³-hybridized carbons (Fsp3) is 0.316. The number of amides is 1. The molecule has 1 atom stereocenters. The number of anilines is 1. The van der Waals surface area contributed by atoms with Gasteiger partial charge in [0.1, 0.15) is 10.7 Å². The number of carbonyl (C=O) groups excluding carboxylic acids is 1. The molecule has 1 saturated heterocycles. The molecule has 1 aliphatic heterocycles. The molecule has 3 heterocycles. The Morgan fingerprint density at radius 2 is 2.07 bits per heavy atom. The molecule has 1 fully saturated rings. The van der Waals surface area contributed by atoms with Gasteiger partial charge in [0.25, 0.3) is 5.91 Å².